The molecule has 2 aromatic carbocycles. The number of nitrogens with zero attached hydrogens (tertiary/aromatic N) is 4. The van der Waals surface area contributed by atoms with Gasteiger partial charge < -0.3 is 9.84 Å². The highest BCUT2D eigenvalue weighted by Gasteiger charge is 2.18. The third kappa shape index (κ3) is 4.41. The monoisotopic (exact) mass is 456 g/mol. The molecule has 3 aromatic rings. The number of hydrogen-bond acceptors (Lipinski definition) is 6. The van der Waals surface area contributed by atoms with E-state index in [0.717, 1.165) is 32.7 Å². The minimum Gasteiger partial charge on any atom is -0.496 e. The predicted molar refractivity (Wildman–Crippen MR) is 123 cm³/mol. The molecule has 31 heavy (non-hydrogen) atoms. The summed E-state index contributed by atoms with van der Waals surface area (Å²) in [5.74, 6) is 0.455. The summed E-state index contributed by atoms with van der Waals surface area (Å²) in [6, 6.07) is 9.56. The fourth-order valence-electron chi connectivity index (χ4n) is 3.37. The number of rotatable bonds is 5. The van der Waals surface area contributed by atoms with Crippen LogP contribution < -0.4 is 15.7 Å². The van der Waals surface area contributed by atoms with Crippen LogP contribution in [0.1, 0.15) is 47.7 Å². The Hall–Kier alpha value is -2.94. The Kier molecular flexibility index (Phi) is 6.64. The quantitative estimate of drug-likeness (QED) is 0.590. The molecule has 0 bridgehead atoms. The van der Waals surface area contributed by atoms with Gasteiger partial charge in [-0.1, -0.05) is 37.6 Å². The van der Waals surface area contributed by atoms with Crippen LogP contribution in [0.5, 0.6) is 11.6 Å². The van der Waals surface area contributed by atoms with Crippen molar-refractivity contribution in [3.63, 3.8) is 0 Å². The van der Waals surface area contributed by atoms with Gasteiger partial charge in [0.25, 0.3) is 5.88 Å². The molecule has 9 heteroatoms. The number of benzene rings is 2. The predicted octanol–water partition coefficient (Wildman–Crippen LogP) is 3.39. The number of aryl methyl sites for hydroxylation is 1. The van der Waals surface area contributed by atoms with E-state index in [1.54, 1.807) is 19.2 Å². The number of aromatic nitrogens is 3. The number of methoxy groups -OCH3 is 1. The molecule has 0 saturated carbocycles. The maximum absolute atomic E-state index is 12.3. The van der Waals surface area contributed by atoms with E-state index in [-0.39, 0.29) is 5.69 Å². The van der Waals surface area contributed by atoms with Crippen molar-refractivity contribution in [2.24, 2.45) is 0 Å². The molecule has 1 atom stereocenters. The van der Waals surface area contributed by atoms with Crippen molar-refractivity contribution >= 4 is 26.1 Å². The van der Waals surface area contributed by atoms with Gasteiger partial charge in [-0.05, 0) is 53.6 Å². The lowest BCUT2D eigenvalue weighted by Gasteiger charge is -2.17. The van der Waals surface area contributed by atoms with Gasteiger partial charge in [0.2, 0.25) is 5.69 Å². The fourth-order valence-corrected chi connectivity index (χ4v) is 4.06. The fraction of sp³-hybridized carbons (Fsp3) is 0.273. The van der Waals surface area contributed by atoms with Crippen LogP contribution in [0.3, 0.4) is 0 Å². The summed E-state index contributed by atoms with van der Waals surface area (Å²) in [7, 11) is 4.18. The Morgan fingerprint density at radius 1 is 1.35 bits per heavy atom. The lowest BCUT2D eigenvalue weighted by Crippen LogP contribution is -2.28. The summed E-state index contributed by atoms with van der Waals surface area (Å²) in [4.78, 5) is 15.7. The molecule has 1 N–H and O–H groups in total. The third-order valence-electron chi connectivity index (χ3n) is 5.03. The maximum Gasteiger partial charge on any atom is 0.372 e. The number of aromatic hydroxyl groups is 1. The molecule has 0 saturated heterocycles. The number of hydrogen-bond donors (Lipinski definition) is 1. The largest absolute Gasteiger partial charge is 0.496 e. The first-order valence-corrected chi connectivity index (χ1v) is 10.5. The summed E-state index contributed by atoms with van der Waals surface area (Å²) < 4.78 is 6.43. The first kappa shape index (κ1) is 22.7. The molecule has 0 fully saturated rings. The molecular formula is C22H22ClN4O3P. The molecular weight excluding hydrogens is 435 g/mol. The van der Waals surface area contributed by atoms with E-state index in [2.05, 4.69) is 39.2 Å². The van der Waals surface area contributed by atoms with E-state index in [4.69, 9.17) is 21.6 Å². The van der Waals surface area contributed by atoms with Crippen LogP contribution in [0.15, 0.2) is 29.1 Å². The molecule has 3 rings (SSSR count). The van der Waals surface area contributed by atoms with Gasteiger partial charge in [0.15, 0.2) is 0 Å². The number of ether oxygens (including phenoxy) is 1. The molecule has 0 aliphatic rings. The van der Waals surface area contributed by atoms with Crippen LogP contribution in [0.4, 0.5) is 0 Å². The van der Waals surface area contributed by atoms with E-state index in [0.29, 0.717) is 28.4 Å². The Bertz CT molecular complexity index is 1270. The molecule has 0 aliphatic carbocycles. The van der Waals surface area contributed by atoms with E-state index in [1.165, 1.54) is 0 Å². The van der Waals surface area contributed by atoms with Crippen molar-refractivity contribution in [1.82, 2.24) is 14.8 Å². The molecule has 1 unspecified atom stereocenters. The van der Waals surface area contributed by atoms with Gasteiger partial charge in [-0.3, -0.25) is 0 Å². The van der Waals surface area contributed by atoms with E-state index < -0.39 is 11.6 Å². The van der Waals surface area contributed by atoms with Crippen LogP contribution in [-0.4, -0.2) is 27.0 Å². The van der Waals surface area contributed by atoms with Crippen LogP contribution in [0.25, 0.3) is 5.69 Å². The second kappa shape index (κ2) is 9.05. The highest BCUT2D eigenvalue weighted by atomic mass is 35.5. The topological polar surface area (TPSA) is 101 Å². The van der Waals surface area contributed by atoms with Crippen molar-refractivity contribution in [1.29, 1.82) is 5.26 Å². The van der Waals surface area contributed by atoms with E-state index >= 15 is 0 Å². The molecule has 0 amide bonds. The zero-order chi connectivity index (χ0) is 22.9. The van der Waals surface area contributed by atoms with Crippen molar-refractivity contribution < 1.29 is 9.84 Å². The van der Waals surface area contributed by atoms with Crippen LogP contribution in [0, 0.1) is 18.3 Å². The molecule has 0 aliphatic heterocycles. The van der Waals surface area contributed by atoms with Crippen molar-refractivity contribution in [3.8, 4) is 23.4 Å². The smallest absolute Gasteiger partial charge is 0.372 e. The Balaban J connectivity index is 2.09. The van der Waals surface area contributed by atoms with Gasteiger partial charge in [-0.25, -0.2) is 4.79 Å². The van der Waals surface area contributed by atoms with Gasteiger partial charge in [-0.15, -0.1) is 14.3 Å². The molecule has 0 spiro atoms. The average Bonchev–Trinajstić information content (AvgIpc) is 2.74. The average molecular weight is 457 g/mol. The van der Waals surface area contributed by atoms with Gasteiger partial charge in [0.1, 0.15) is 11.8 Å². The highest BCUT2D eigenvalue weighted by Crippen LogP contribution is 2.31. The molecule has 160 valence electrons. The van der Waals surface area contributed by atoms with Crippen LogP contribution in [-0.2, 0) is 6.42 Å². The molecule has 1 aromatic heterocycles. The first-order valence-electron chi connectivity index (χ1n) is 9.53. The van der Waals surface area contributed by atoms with Crippen LogP contribution in [0.2, 0.25) is 5.02 Å². The Morgan fingerprint density at radius 3 is 2.68 bits per heavy atom. The lowest BCUT2D eigenvalue weighted by atomic mass is 9.95. The van der Waals surface area contributed by atoms with Crippen molar-refractivity contribution in [3.05, 3.63) is 67.7 Å². The van der Waals surface area contributed by atoms with Crippen LogP contribution >= 0.6 is 20.8 Å². The van der Waals surface area contributed by atoms with E-state index in [9.17, 15) is 9.90 Å². The Labute approximate surface area is 187 Å². The van der Waals surface area contributed by atoms with Gasteiger partial charge >= 0.3 is 5.69 Å². The Morgan fingerprint density at radius 2 is 2.06 bits per heavy atom. The van der Waals surface area contributed by atoms with Gasteiger partial charge in [-0.2, -0.15) is 14.9 Å². The summed E-state index contributed by atoms with van der Waals surface area (Å²) in [6.45, 7) is 6.12. The molecule has 1 heterocycles. The molecule has 7 nitrogen and oxygen atoms in total. The lowest BCUT2D eigenvalue weighted by molar-refractivity contribution is 0.407. The third-order valence-corrected chi connectivity index (χ3v) is 6.23. The number of nitriles is 1. The molecule has 0 radical (unpaired) electrons. The maximum atomic E-state index is 12.3. The summed E-state index contributed by atoms with van der Waals surface area (Å²) in [6.07, 6.45) is 0.593. The SMILES string of the molecule is COc1ccc(Cc2c(C)cc(-n3nc(C#N)c(O)nc3=O)c(P)c2Cl)cc1C(C)C. The standard InChI is InChI=1S/C22H22ClN4O3P/c1-11(2)14-8-13(5-6-18(14)30-4)9-15-12(3)7-17(20(31)19(15)23)27-22(29)25-21(28)16(10-24)26-27/h5-8,11H,9,31H2,1-4H3,(H,25,28,29). The van der Waals surface area contributed by atoms with Gasteiger partial charge in [0.05, 0.1) is 17.8 Å². The summed E-state index contributed by atoms with van der Waals surface area (Å²) in [5.41, 5.74) is 3.19. The van der Waals surface area contributed by atoms with E-state index in [1.807, 2.05) is 19.1 Å². The zero-order valence-corrected chi connectivity index (χ0v) is 19.5. The highest BCUT2D eigenvalue weighted by molar-refractivity contribution is 7.28. The summed E-state index contributed by atoms with van der Waals surface area (Å²) >= 11 is 6.70. The minimum atomic E-state index is -0.805. The van der Waals surface area contributed by atoms with Crippen molar-refractivity contribution in [2.75, 3.05) is 7.11 Å². The minimum absolute atomic E-state index is 0.306. The van der Waals surface area contributed by atoms with Gasteiger partial charge in [0, 0.05) is 5.30 Å². The second-order valence-electron chi connectivity index (χ2n) is 7.42. The second-order valence-corrected chi connectivity index (χ2v) is 8.37. The zero-order valence-electron chi connectivity index (χ0n) is 17.6. The first-order chi connectivity index (χ1) is 14.7. The summed E-state index contributed by atoms with van der Waals surface area (Å²) in [5, 5.41) is 23.6. The van der Waals surface area contributed by atoms with Crippen molar-refractivity contribution in [2.45, 2.75) is 33.1 Å². The number of halogens is 1. The normalized spacial score (nSPS) is 10.9.